The summed E-state index contributed by atoms with van der Waals surface area (Å²) in [6.45, 7) is 5.73. The topological polar surface area (TPSA) is 34.4 Å². The quantitative estimate of drug-likeness (QED) is 0.826. The Kier molecular flexibility index (Phi) is 4.30. The zero-order valence-corrected chi connectivity index (χ0v) is 12.8. The van der Waals surface area contributed by atoms with E-state index in [9.17, 15) is 0 Å². The van der Waals surface area contributed by atoms with Crippen molar-refractivity contribution < 1.29 is 9.15 Å². The van der Waals surface area contributed by atoms with Gasteiger partial charge in [-0.1, -0.05) is 26.0 Å². The van der Waals surface area contributed by atoms with Crippen LogP contribution in [-0.4, -0.2) is 6.04 Å². The highest BCUT2D eigenvalue weighted by Gasteiger charge is 2.20. The van der Waals surface area contributed by atoms with Gasteiger partial charge >= 0.3 is 0 Å². The number of nitrogens with one attached hydrogen (secondary N) is 1. The molecule has 0 bridgehead atoms. The largest absolute Gasteiger partial charge is 0.486 e. The molecule has 112 valence electrons. The highest BCUT2D eigenvalue weighted by molar-refractivity contribution is 5.30. The molecule has 0 unspecified atom stereocenters. The van der Waals surface area contributed by atoms with Crippen LogP contribution in [0, 0.1) is 0 Å². The lowest BCUT2D eigenvalue weighted by Gasteiger charge is -2.08. The summed E-state index contributed by atoms with van der Waals surface area (Å²) in [6.07, 6.45) is 4.43. The maximum atomic E-state index is 5.82. The smallest absolute Gasteiger partial charge is 0.146 e. The van der Waals surface area contributed by atoms with E-state index in [0.717, 1.165) is 24.1 Å². The lowest BCUT2D eigenvalue weighted by atomic mass is 10.0. The van der Waals surface area contributed by atoms with Crippen molar-refractivity contribution in [1.29, 1.82) is 0 Å². The third-order valence-electron chi connectivity index (χ3n) is 3.79. The van der Waals surface area contributed by atoms with Gasteiger partial charge in [-0.15, -0.1) is 0 Å². The van der Waals surface area contributed by atoms with Gasteiger partial charge in [0, 0.05) is 18.2 Å². The predicted molar refractivity (Wildman–Crippen MR) is 83.4 cm³/mol. The second kappa shape index (κ2) is 6.35. The molecule has 1 saturated carbocycles. The summed E-state index contributed by atoms with van der Waals surface area (Å²) in [4.78, 5) is 0. The summed E-state index contributed by atoms with van der Waals surface area (Å²) in [7, 11) is 0. The molecule has 0 aliphatic heterocycles. The van der Waals surface area contributed by atoms with Crippen LogP contribution in [0.15, 0.2) is 41.0 Å². The molecule has 1 aromatic heterocycles. The minimum atomic E-state index is 0.477. The van der Waals surface area contributed by atoms with Gasteiger partial charge in [0.2, 0.25) is 0 Å². The van der Waals surface area contributed by atoms with E-state index in [0.29, 0.717) is 12.5 Å². The molecule has 2 aromatic rings. The van der Waals surface area contributed by atoms with Gasteiger partial charge in [-0.05, 0) is 42.5 Å². The first-order valence-electron chi connectivity index (χ1n) is 7.73. The van der Waals surface area contributed by atoms with Gasteiger partial charge in [-0.3, -0.25) is 0 Å². The summed E-state index contributed by atoms with van der Waals surface area (Å²) in [5.41, 5.74) is 2.48. The van der Waals surface area contributed by atoms with Crippen LogP contribution < -0.4 is 10.1 Å². The number of hydrogen-bond donors (Lipinski definition) is 1. The summed E-state index contributed by atoms with van der Waals surface area (Å²) in [6, 6.07) is 11.1. The minimum Gasteiger partial charge on any atom is -0.486 e. The molecule has 1 N–H and O–H groups in total. The van der Waals surface area contributed by atoms with Gasteiger partial charge in [0.05, 0.1) is 6.26 Å². The molecule has 21 heavy (non-hydrogen) atoms. The molecule has 0 radical (unpaired) electrons. The normalized spacial score (nSPS) is 14.6. The van der Waals surface area contributed by atoms with E-state index in [1.54, 1.807) is 0 Å². The maximum Gasteiger partial charge on any atom is 0.146 e. The molecule has 1 fully saturated rings. The number of furan rings is 1. The van der Waals surface area contributed by atoms with Crippen molar-refractivity contribution in [3.63, 3.8) is 0 Å². The molecule has 0 spiro atoms. The monoisotopic (exact) mass is 285 g/mol. The molecule has 0 atom stereocenters. The summed E-state index contributed by atoms with van der Waals surface area (Å²) in [5, 5.41) is 3.48. The van der Waals surface area contributed by atoms with Gasteiger partial charge < -0.3 is 14.5 Å². The number of ether oxygens (including phenoxy) is 1. The Hall–Kier alpha value is -1.74. The number of benzene rings is 1. The average Bonchev–Trinajstić information content (AvgIpc) is 3.21. The van der Waals surface area contributed by atoms with Crippen molar-refractivity contribution in [2.45, 2.75) is 51.8 Å². The highest BCUT2D eigenvalue weighted by atomic mass is 16.5. The molecule has 1 aliphatic rings. The third kappa shape index (κ3) is 4.11. The van der Waals surface area contributed by atoms with Gasteiger partial charge in [0.1, 0.15) is 18.1 Å². The Morgan fingerprint density at radius 1 is 1.29 bits per heavy atom. The number of rotatable bonds is 7. The van der Waals surface area contributed by atoms with Crippen molar-refractivity contribution in [3.05, 3.63) is 53.5 Å². The van der Waals surface area contributed by atoms with E-state index in [2.05, 4.69) is 37.4 Å². The lowest BCUT2D eigenvalue weighted by molar-refractivity contribution is 0.270. The van der Waals surface area contributed by atoms with Crippen molar-refractivity contribution in [2.24, 2.45) is 0 Å². The first-order chi connectivity index (χ1) is 10.2. The van der Waals surface area contributed by atoms with Crippen LogP contribution in [0.3, 0.4) is 0 Å². The van der Waals surface area contributed by atoms with E-state index in [4.69, 9.17) is 9.15 Å². The second-order valence-corrected chi connectivity index (χ2v) is 6.09. The van der Waals surface area contributed by atoms with Gasteiger partial charge in [-0.25, -0.2) is 0 Å². The van der Waals surface area contributed by atoms with E-state index in [1.165, 1.54) is 24.0 Å². The summed E-state index contributed by atoms with van der Waals surface area (Å²) in [5.74, 6) is 2.28. The van der Waals surface area contributed by atoms with E-state index in [1.807, 2.05) is 18.4 Å². The van der Waals surface area contributed by atoms with Crippen LogP contribution in [-0.2, 0) is 13.2 Å². The summed E-state index contributed by atoms with van der Waals surface area (Å²) < 4.78 is 11.4. The molecular formula is C18H23NO2. The Morgan fingerprint density at radius 2 is 2.14 bits per heavy atom. The van der Waals surface area contributed by atoms with Crippen LogP contribution >= 0.6 is 0 Å². The molecule has 0 amide bonds. The van der Waals surface area contributed by atoms with Crippen molar-refractivity contribution in [3.8, 4) is 5.75 Å². The molecule has 3 heteroatoms. The fourth-order valence-corrected chi connectivity index (χ4v) is 2.26. The Balaban J connectivity index is 1.53. The highest BCUT2D eigenvalue weighted by Crippen LogP contribution is 2.22. The fourth-order valence-electron chi connectivity index (χ4n) is 2.26. The second-order valence-electron chi connectivity index (χ2n) is 6.09. The first-order valence-corrected chi connectivity index (χ1v) is 7.73. The molecule has 1 aromatic carbocycles. The molecule has 3 rings (SSSR count). The standard InChI is InChI=1S/C18H23NO2/c1-13(2)15-4-3-5-17(9-15)21-12-18-8-14(11-20-18)10-19-16-6-7-16/h3-5,8-9,11,13,16,19H,6-7,10,12H2,1-2H3. The minimum absolute atomic E-state index is 0.477. The molecule has 1 heterocycles. The molecule has 0 saturated heterocycles. The SMILES string of the molecule is CC(C)c1cccc(OCc2cc(CNC3CC3)co2)c1. The van der Waals surface area contributed by atoms with Crippen LogP contribution in [0.4, 0.5) is 0 Å². The average molecular weight is 285 g/mol. The van der Waals surface area contributed by atoms with Crippen LogP contribution in [0.5, 0.6) is 5.75 Å². The van der Waals surface area contributed by atoms with Gasteiger partial charge in [-0.2, -0.15) is 0 Å². The first kappa shape index (κ1) is 14.2. The van der Waals surface area contributed by atoms with Crippen molar-refractivity contribution >= 4 is 0 Å². The fraction of sp³-hybridized carbons (Fsp3) is 0.444. The van der Waals surface area contributed by atoms with E-state index < -0.39 is 0 Å². The van der Waals surface area contributed by atoms with E-state index in [-0.39, 0.29) is 0 Å². The van der Waals surface area contributed by atoms with Gasteiger partial charge in [0.15, 0.2) is 0 Å². The molecule has 1 aliphatic carbocycles. The lowest BCUT2D eigenvalue weighted by Crippen LogP contribution is -2.14. The van der Waals surface area contributed by atoms with Crippen LogP contribution in [0.25, 0.3) is 0 Å². The van der Waals surface area contributed by atoms with Crippen molar-refractivity contribution in [2.75, 3.05) is 0 Å². The molecular weight excluding hydrogens is 262 g/mol. The van der Waals surface area contributed by atoms with Crippen LogP contribution in [0.1, 0.15) is 49.5 Å². The van der Waals surface area contributed by atoms with Crippen LogP contribution in [0.2, 0.25) is 0 Å². The Bertz CT molecular complexity index is 584. The predicted octanol–water partition coefficient (Wildman–Crippen LogP) is 4.23. The van der Waals surface area contributed by atoms with Crippen molar-refractivity contribution in [1.82, 2.24) is 5.32 Å². The Morgan fingerprint density at radius 3 is 2.90 bits per heavy atom. The third-order valence-corrected chi connectivity index (χ3v) is 3.79. The van der Waals surface area contributed by atoms with E-state index >= 15 is 0 Å². The molecule has 3 nitrogen and oxygen atoms in total. The number of hydrogen-bond acceptors (Lipinski definition) is 3. The summed E-state index contributed by atoms with van der Waals surface area (Å²) >= 11 is 0. The zero-order chi connectivity index (χ0) is 14.7. The Labute approximate surface area is 126 Å². The van der Waals surface area contributed by atoms with Gasteiger partial charge in [0.25, 0.3) is 0 Å². The zero-order valence-electron chi connectivity index (χ0n) is 12.8. The maximum absolute atomic E-state index is 5.82.